The predicted octanol–water partition coefficient (Wildman–Crippen LogP) is 7.28. The summed E-state index contributed by atoms with van der Waals surface area (Å²) in [5.41, 5.74) is 0. The minimum absolute atomic E-state index is 0. The SMILES string of the molecule is CCCCCC(CCC)CN(Cl)CC(CCC)CCCCC.[H-].[H-].[Mg+2]. The van der Waals surface area contributed by atoms with E-state index < -0.39 is 0 Å². The van der Waals surface area contributed by atoms with Gasteiger partial charge in [-0.05, 0) is 49.3 Å². The van der Waals surface area contributed by atoms with Crippen LogP contribution in [0, 0.1) is 11.8 Å². The van der Waals surface area contributed by atoms with Crippen molar-refractivity contribution in [2.24, 2.45) is 11.8 Å². The maximum Gasteiger partial charge on any atom is 2.00 e. The van der Waals surface area contributed by atoms with Crippen molar-refractivity contribution < 1.29 is 2.85 Å². The molecule has 0 N–H and O–H groups in total. The molecule has 0 aliphatic rings. The summed E-state index contributed by atoms with van der Waals surface area (Å²) in [6, 6.07) is 0. The summed E-state index contributed by atoms with van der Waals surface area (Å²) >= 11 is 6.60. The van der Waals surface area contributed by atoms with Crippen LogP contribution in [-0.2, 0) is 0 Å². The maximum absolute atomic E-state index is 6.60. The summed E-state index contributed by atoms with van der Waals surface area (Å²) in [6.45, 7) is 11.4. The number of rotatable bonds is 16. The van der Waals surface area contributed by atoms with Crippen LogP contribution in [-0.4, -0.2) is 40.6 Å². The van der Waals surface area contributed by atoms with E-state index >= 15 is 0 Å². The van der Waals surface area contributed by atoms with Crippen LogP contribution < -0.4 is 0 Å². The smallest absolute Gasteiger partial charge is 1.00 e. The molecule has 0 amide bonds. The van der Waals surface area contributed by atoms with Gasteiger partial charge in [0.15, 0.2) is 0 Å². The molecule has 138 valence electrons. The Morgan fingerprint density at radius 2 is 1.04 bits per heavy atom. The molecule has 0 radical (unpaired) electrons. The van der Waals surface area contributed by atoms with Crippen LogP contribution in [0.5, 0.6) is 0 Å². The first-order chi connectivity index (χ1) is 10.7. The maximum atomic E-state index is 6.60. The van der Waals surface area contributed by atoms with E-state index in [1.54, 1.807) is 0 Å². The largest absolute Gasteiger partial charge is 2.00 e. The monoisotopic (exact) mass is 357 g/mol. The van der Waals surface area contributed by atoms with Gasteiger partial charge in [-0.25, -0.2) is 4.42 Å². The quantitative estimate of drug-likeness (QED) is 0.159. The van der Waals surface area contributed by atoms with E-state index in [-0.39, 0.29) is 25.9 Å². The topological polar surface area (TPSA) is 3.24 Å². The molecular weight excluding hydrogens is 314 g/mol. The normalized spacial score (nSPS) is 13.8. The van der Waals surface area contributed by atoms with E-state index in [0.29, 0.717) is 0 Å². The first-order valence-electron chi connectivity index (χ1n) is 10.1. The average molecular weight is 358 g/mol. The van der Waals surface area contributed by atoms with Crippen LogP contribution in [0.1, 0.15) is 108 Å². The number of halogens is 1. The van der Waals surface area contributed by atoms with E-state index in [1.165, 1.54) is 77.0 Å². The van der Waals surface area contributed by atoms with Gasteiger partial charge in [-0.1, -0.05) is 79.1 Å². The fourth-order valence-electron chi connectivity index (χ4n) is 3.47. The van der Waals surface area contributed by atoms with Crippen LogP contribution in [0.4, 0.5) is 0 Å². The van der Waals surface area contributed by atoms with Gasteiger partial charge in [-0.2, -0.15) is 0 Å². The Balaban J connectivity index is -0.000000735. The molecule has 0 aliphatic carbocycles. The zero-order chi connectivity index (χ0) is 16.6. The summed E-state index contributed by atoms with van der Waals surface area (Å²) in [5, 5.41) is 0. The van der Waals surface area contributed by atoms with Crippen molar-refractivity contribution in [3.05, 3.63) is 0 Å². The van der Waals surface area contributed by atoms with Crippen molar-refractivity contribution in [1.29, 1.82) is 0 Å². The van der Waals surface area contributed by atoms with Crippen molar-refractivity contribution in [1.82, 2.24) is 4.42 Å². The number of hydrogen-bond donors (Lipinski definition) is 0. The molecular formula is C20H44ClMgN. The molecule has 0 aromatic heterocycles. The van der Waals surface area contributed by atoms with Crippen LogP contribution in [0.2, 0.25) is 0 Å². The molecule has 0 aromatic carbocycles. The zero-order valence-electron chi connectivity index (χ0n) is 18.6. The van der Waals surface area contributed by atoms with Gasteiger partial charge in [0.05, 0.1) is 0 Å². The summed E-state index contributed by atoms with van der Waals surface area (Å²) in [6.07, 6.45) is 16.1. The molecule has 2 unspecified atom stereocenters. The van der Waals surface area contributed by atoms with Gasteiger partial charge in [0.1, 0.15) is 0 Å². The molecule has 0 rings (SSSR count). The van der Waals surface area contributed by atoms with Crippen LogP contribution in [0.25, 0.3) is 0 Å². The molecule has 1 nitrogen and oxygen atoms in total. The summed E-state index contributed by atoms with van der Waals surface area (Å²) in [5.74, 6) is 1.60. The van der Waals surface area contributed by atoms with Gasteiger partial charge in [0, 0.05) is 13.1 Å². The second-order valence-corrected chi connectivity index (χ2v) is 7.61. The first-order valence-corrected chi connectivity index (χ1v) is 10.4. The summed E-state index contributed by atoms with van der Waals surface area (Å²) < 4.78 is 2.12. The molecule has 23 heavy (non-hydrogen) atoms. The summed E-state index contributed by atoms with van der Waals surface area (Å²) in [7, 11) is 0. The van der Waals surface area contributed by atoms with Gasteiger partial charge < -0.3 is 2.85 Å². The second-order valence-electron chi connectivity index (χ2n) is 7.13. The molecule has 0 spiro atoms. The fraction of sp³-hybridized carbons (Fsp3) is 1.00. The Kier molecular flexibility index (Phi) is 22.1. The molecule has 2 atom stereocenters. The second kappa shape index (κ2) is 19.3. The molecule has 0 fully saturated rings. The van der Waals surface area contributed by atoms with Crippen LogP contribution >= 0.6 is 11.8 Å². The third-order valence-electron chi connectivity index (χ3n) is 4.74. The zero-order valence-corrected chi connectivity index (χ0v) is 18.8. The third-order valence-corrected chi connectivity index (χ3v) is 5.01. The number of hydrogen-bond acceptors (Lipinski definition) is 1. The van der Waals surface area contributed by atoms with Crippen LogP contribution in [0.3, 0.4) is 0 Å². The van der Waals surface area contributed by atoms with E-state index in [4.69, 9.17) is 11.8 Å². The molecule has 0 saturated heterocycles. The van der Waals surface area contributed by atoms with E-state index in [1.807, 2.05) is 0 Å². The van der Waals surface area contributed by atoms with Gasteiger partial charge in [0.2, 0.25) is 0 Å². The Hall–Kier alpha value is 1.02. The average Bonchev–Trinajstić information content (AvgIpc) is 2.48. The van der Waals surface area contributed by atoms with Crippen molar-refractivity contribution in [3.8, 4) is 0 Å². The first kappa shape index (κ1) is 26.2. The minimum atomic E-state index is 0. The van der Waals surface area contributed by atoms with Gasteiger partial charge in [0.25, 0.3) is 0 Å². The Bertz CT molecular complexity index is 214. The van der Waals surface area contributed by atoms with Gasteiger partial charge in [-0.15, -0.1) is 0 Å². The number of nitrogens with zero attached hydrogens (tertiary/aromatic N) is 1. The van der Waals surface area contributed by atoms with Crippen molar-refractivity contribution in [2.45, 2.75) is 105 Å². The molecule has 0 heterocycles. The molecule has 0 aromatic rings. The van der Waals surface area contributed by atoms with Crippen LogP contribution in [0.15, 0.2) is 0 Å². The fourth-order valence-corrected chi connectivity index (χ4v) is 3.86. The molecule has 0 aliphatic heterocycles. The van der Waals surface area contributed by atoms with Crippen molar-refractivity contribution in [2.75, 3.05) is 13.1 Å². The minimum Gasteiger partial charge on any atom is -1.00 e. The van der Waals surface area contributed by atoms with E-state index in [9.17, 15) is 0 Å². The standard InChI is InChI=1S/C20H42ClN.Mg.2H/c1-5-9-11-15-19(13-7-3)17-22(21)18-20(14-8-4)16-12-10-6-2;;;/h19-20H,5-18H2,1-4H3;;;/q;+2;2*-1. The van der Waals surface area contributed by atoms with E-state index in [0.717, 1.165) is 24.9 Å². The van der Waals surface area contributed by atoms with Gasteiger partial charge >= 0.3 is 23.1 Å². The molecule has 0 bridgehead atoms. The van der Waals surface area contributed by atoms with Gasteiger partial charge in [-0.3, -0.25) is 0 Å². The van der Waals surface area contributed by atoms with E-state index in [2.05, 4.69) is 32.1 Å². The third kappa shape index (κ3) is 16.2. The summed E-state index contributed by atoms with van der Waals surface area (Å²) in [4.78, 5) is 0. The van der Waals surface area contributed by atoms with Crippen molar-refractivity contribution >= 4 is 34.8 Å². The molecule has 3 heteroatoms. The Labute approximate surface area is 171 Å². The Morgan fingerprint density at radius 1 is 0.652 bits per heavy atom. The Morgan fingerprint density at radius 3 is 1.35 bits per heavy atom. The van der Waals surface area contributed by atoms with Crippen molar-refractivity contribution in [3.63, 3.8) is 0 Å². The predicted molar refractivity (Wildman–Crippen MR) is 110 cm³/mol. The number of unbranched alkanes of at least 4 members (excludes halogenated alkanes) is 4. The molecule has 0 saturated carbocycles.